The fourth-order valence-corrected chi connectivity index (χ4v) is 2.81. The zero-order chi connectivity index (χ0) is 20.6. The van der Waals surface area contributed by atoms with Crippen molar-refractivity contribution in [1.29, 1.82) is 0 Å². The summed E-state index contributed by atoms with van der Waals surface area (Å²) in [6, 6.07) is 21.2. The van der Waals surface area contributed by atoms with Crippen LogP contribution in [0, 0.1) is 11.8 Å². The number of amides is 1. The predicted molar refractivity (Wildman–Crippen MR) is 114 cm³/mol. The Morgan fingerprint density at radius 2 is 1.59 bits per heavy atom. The molecular weight excluding hydrogens is 386 g/mol. The van der Waals surface area contributed by atoms with Gasteiger partial charge in [-0.2, -0.15) is 0 Å². The second-order valence-corrected chi connectivity index (χ2v) is 6.44. The number of halogens is 1. The van der Waals surface area contributed by atoms with Crippen molar-refractivity contribution in [2.24, 2.45) is 0 Å². The largest absolute Gasteiger partial charge is 0.462 e. The van der Waals surface area contributed by atoms with Gasteiger partial charge >= 0.3 is 5.97 Å². The molecule has 3 rings (SSSR count). The van der Waals surface area contributed by atoms with Crippen molar-refractivity contribution in [2.45, 2.75) is 6.92 Å². The molecule has 0 aliphatic rings. The van der Waals surface area contributed by atoms with Crippen molar-refractivity contribution < 1.29 is 14.3 Å². The number of carbonyl (C=O) groups excluding carboxylic acids is 2. The maximum atomic E-state index is 12.8. The highest BCUT2D eigenvalue weighted by Crippen LogP contribution is 2.22. The Morgan fingerprint density at radius 3 is 2.34 bits per heavy atom. The van der Waals surface area contributed by atoms with Crippen molar-refractivity contribution in [3.63, 3.8) is 0 Å². The fraction of sp³-hybridized carbons (Fsp3) is 0.0833. The molecule has 0 aliphatic heterocycles. The number of hydrogen-bond acceptors (Lipinski definition) is 3. The Balaban J connectivity index is 1.85. The van der Waals surface area contributed by atoms with Crippen molar-refractivity contribution in [2.75, 3.05) is 11.9 Å². The van der Waals surface area contributed by atoms with Crippen LogP contribution in [0.25, 0.3) is 0 Å². The van der Waals surface area contributed by atoms with Crippen LogP contribution >= 0.6 is 11.6 Å². The lowest BCUT2D eigenvalue weighted by Crippen LogP contribution is -2.16. The van der Waals surface area contributed by atoms with Gasteiger partial charge in [0.2, 0.25) is 0 Å². The summed E-state index contributed by atoms with van der Waals surface area (Å²) in [5, 5.41) is 3.03. The van der Waals surface area contributed by atoms with Crippen molar-refractivity contribution >= 4 is 29.2 Å². The van der Waals surface area contributed by atoms with Crippen LogP contribution < -0.4 is 5.32 Å². The summed E-state index contributed by atoms with van der Waals surface area (Å²) in [6.45, 7) is 1.97. The van der Waals surface area contributed by atoms with E-state index in [4.69, 9.17) is 16.3 Å². The number of para-hydroxylation sites is 1. The average molecular weight is 404 g/mol. The monoisotopic (exact) mass is 403 g/mol. The van der Waals surface area contributed by atoms with Crippen LogP contribution in [-0.4, -0.2) is 18.5 Å². The van der Waals surface area contributed by atoms with Crippen LogP contribution in [0.4, 0.5) is 5.69 Å². The first kappa shape index (κ1) is 20.2. The lowest BCUT2D eigenvalue weighted by Gasteiger charge is -2.11. The van der Waals surface area contributed by atoms with Gasteiger partial charge in [0.1, 0.15) is 0 Å². The predicted octanol–water partition coefficient (Wildman–Crippen LogP) is 5.17. The van der Waals surface area contributed by atoms with Gasteiger partial charge < -0.3 is 10.1 Å². The maximum absolute atomic E-state index is 12.8. The van der Waals surface area contributed by atoms with E-state index in [-0.39, 0.29) is 17.7 Å². The molecule has 3 aromatic rings. The summed E-state index contributed by atoms with van der Waals surface area (Å²) in [6.07, 6.45) is 0. The van der Waals surface area contributed by atoms with Crippen LogP contribution in [-0.2, 0) is 4.74 Å². The Kier molecular flexibility index (Phi) is 6.67. The molecule has 4 nitrogen and oxygen atoms in total. The molecule has 0 atom stereocenters. The molecule has 144 valence electrons. The van der Waals surface area contributed by atoms with Crippen LogP contribution in [0.15, 0.2) is 72.8 Å². The molecule has 0 saturated carbocycles. The third kappa shape index (κ3) is 5.25. The highest BCUT2D eigenvalue weighted by atomic mass is 35.5. The summed E-state index contributed by atoms with van der Waals surface area (Å²) in [4.78, 5) is 24.9. The average Bonchev–Trinajstić information content (AvgIpc) is 2.74. The van der Waals surface area contributed by atoms with Gasteiger partial charge in [-0.05, 0) is 49.4 Å². The number of carbonyl (C=O) groups is 2. The molecule has 1 amide bonds. The molecule has 0 radical (unpaired) electrons. The Hall–Kier alpha value is -3.55. The van der Waals surface area contributed by atoms with E-state index in [1.807, 2.05) is 30.3 Å². The summed E-state index contributed by atoms with van der Waals surface area (Å²) >= 11 is 6.23. The highest BCUT2D eigenvalue weighted by molar-refractivity contribution is 6.34. The molecule has 0 aliphatic carbocycles. The Labute approximate surface area is 174 Å². The number of nitrogens with one attached hydrogen (secondary N) is 1. The molecule has 0 fully saturated rings. The zero-order valence-electron chi connectivity index (χ0n) is 15.7. The summed E-state index contributed by atoms with van der Waals surface area (Å²) < 4.78 is 5.04. The third-order valence-corrected chi connectivity index (χ3v) is 4.34. The molecule has 0 spiro atoms. The molecule has 3 aromatic carbocycles. The Morgan fingerprint density at radius 1 is 0.897 bits per heavy atom. The normalized spacial score (nSPS) is 9.86. The summed E-state index contributed by atoms with van der Waals surface area (Å²) in [7, 11) is 0. The van der Waals surface area contributed by atoms with Gasteiger partial charge in [0.05, 0.1) is 28.4 Å². The first-order valence-corrected chi connectivity index (χ1v) is 9.40. The highest BCUT2D eigenvalue weighted by Gasteiger charge is 2.16. The standard InChI is InChI=1S/C24H18ClNO3/c1-2-29-24(28)19-10-6-7-11-22(19)26-23(27)20-16-18(14-15-21(20)25)13-12-17-8-4-3-5-9-17/h3-11,14-16H,2H2,1H3,(H,26,27). The first-order chi connectivity index (χ1) is 14.1. The van der Waals surface area contributed by atoms with Crippen LogP contribution in [0.1, 0.15) is 38.8 Å². The van der Waals surface area contributed by atoms with Gasteiger partial charge in [-0.25, -0.2) is 4.79 Å². The number of esters is 1. The Bertz CT molecular complexity index is 1100. The van der Waals surface area contributed by atoms with E-state index in [9.17, 15) is 9.59 Å². The van der Waals surface area contributed by atoms with Gasteiger partial charge in [0.25, 0.3) is 5.91 Å². The van der Waals surface area contributed by atoms with Crippen molar-refractivity contribution in [1.82, 2.24) is 0 Å². The van der Waals surface area contributed by atoms with E-state index < -0.39 is 11.9 Å². The lowest BCUT2D eigenvalue weighted by molar-refractivity contribution is 0.0527. The second-order valence-electron chi connectivity index (χ2n) is 6.03. The fourth-order valence-electron chi connectivity index (χ4n) is 2.61. The molecule has 29 heavy (non-hydrogen) atoms. The molecule has 0 bridgehead atoms. The van der Waals surface area contributed by atoms with Gasteiger partial charge in [-0.1, -0.05) is 53.8 Å². The molecule has 0 saturated heterocycles. The van der Waals surface area contributed by atoms with Crippen molar-refractivity contribution in [3.8, 4) is 11.8 Å². The van der Waals surface area contributed by atoms with Gasteiger partial charge in [0, 0.05) is 11.1 Å². The van der Waals surface area contributed by atoms with Gasteiger partial charge in [-0.3, -0.25) is 4.79 Å². The van der Waals surface area contributed by atoms with Gasteiger partial charge in [0.15, 0.2) is 0 Å². The number of ether oxygens (including phenoxy) is 1. The summed E-state index contributed by atoms with van der Waals surface area (Å²) in [5.74, 6) is 5.14. The SMILES string of the molecule is CCOC(=O)c1ccccc1NC(=O)c1cc(C#Cc2ccccc2)ccc1Cl. The van der Waals surface area contributed by atoms with E-state index in [2.05, 4.69) is 17.2 Å². The van der Waals surface area contributed by atoms with Gasteiger partial charge in [-0.15, -0.1) is 0 Å². The van der Waals surface area contributed by atoms with E-state index in [1.165, 1.54) is 0 Å². The van der Waals surface area contributed by atoms with E-state index in [0.29, 0.717) is 16.3 Å². The number of anilines is 1. The van der Waals surface area contributed by atoms with E-state index >= 15 is 0 Å². The second kappa shape index (κ2) is 9.59. The third-order valence-electron chi connectivity index (χ3n) is 4.01. The molecule has 0 aromatic heterocycles. The molecule has 0 unspecified atom stereocenters. The number of hydrogen-bond donors (Lipinski definition) is 1. The van der Waals surface area contributed by atoms with Crippen molar-refractivity contribution in [3.05, 3.63) is 100 Å². The first-order valence-electron chi connectivity index (χ1n) is 9.02. The number of benzene rings is 3. The van der Waals surface area contributed by atoms with E-state index in [0.717, 1.165) is 5.56 Å². The molecule has 1 N–H and O–H groups in total. The zero-order valence-corrected chi connectivity index (χ0v) is 16.5. The minimum Gasteiger partial charge on any atom is -0.462 e. The topological polar surface area (TPSA) is 55.4 Å². The summed E-state index contributed by atoms with van der Waals surface area (Å²) in [5.41, 5.74) is 2.43. The molecular formula is C24H18ClNO3. The minimum absolute atomic E-state index is 0.245. The van der Waals surface area contributed by atoms with E-state index in [1.54, 1.807) is 49.4 Å². The molecule has 0 heterocycles. The number of rotatable bonds is 4. The quantitative estimate of drug-likeness (QED) is 0.483. The maximum Gasteiger partial charge on any atom is 0.340 e. The smallest absolute Gasteiger partial charge is 0.340 e. The minimum atomic E-state index is -0.503. The van der Waals surface area contributed by atoms with Crippen LogP contribution in [0.2, 0.25) is 5.02 Å². The molecule has 5 heteroatoms. The lowest BCUT2D eigenvalue weighted by atomic mass is 10.1. The van der Waals surface area contributed by atoms with Crippen LogP contribution in [0.3, 0.4) is 0 Å². The van der Waals surface area contributed by atoms with Crippen LogP contribution in [0.5, 0.6) is 0 Å².